The standard InChI is InChI=1S/C27H27N3O2S/c1-27(2,3)21-11-9-20(10-12-21)24-13-23-25(33-24)26(29-17-28-23)30(15-22-16-31-18-32-22)14-19-7-5-4-6-8-19/h4-13,16-17H,14-15,18H2,1-3H3. The molecule has 3 heterocycles. The molecule has 0 radical (unpaired) electrons. The minimum atomic E-state index is 0.135. The SMILES string of the molecule is CC(C)(C)c1ccc(-c2cc3ncnc(N(CC4=COCO4)Cc4ccccc4)c3s2)cc1. The van der Waals surface area contributed by atoms with Crippen LogP contribution in [0.3, 0.4) is 0 Å². The highest BCUT2D eigenvalue weighted by Crippen LogP contribution is 2.38. The van der Waals surface area contributed by atoms with Crippen LogP contribution in [0.25, 0.3) is 20.7 Å². The predicted octanol–water partition coefficient (Wildman–Crippen LogP) is 6.51. The van der Waals surface area contributed by atoms with Crippen molar-refractivity contribution in [1.82, 2.24) is 9.97 Å². The number of benzene rings is 2. The van der Waals surface area contributed by atoms with Gasteiger partial charge in [-0.1, -0.05) is 75.4 Å². The second kappa shape index (κ2) is 8.87. The van der Waals surface area contributed by atoms with Gasteiger partial charge in [-0.3, -0.25) is 0 Å². The molecule has 0 atom stereocenters. The van der Waals surface area contributed by atoms with E-state index >= 15 is 0 Å². The van der Waals surface area contributed by atoms with Crippen molar-refractivity contribution in [3.63, 3.8) is 0 Å². The fourth-order valence-electron chi connectivity index (χ4n) is 3.90. The quantitative estimate of drug-likeness (QED) is 0.330. The van der Waals surface area contributed by atoms with Gasteiger partial charge in [0.25, 0.3) is 0 Å². The van der Waals surface area contributed by atoms with Gasteiger partial charge >= 0.3 is 0 Å². The summed E-state index contributed by atoms with van der Waals surface area (Å²) in [5, 5.41) is 0. The maximum Gasteiger partial charge on any atom is 0.229 e. The topological polar surface area (TPSA) is 47.5 Å². The zero-order chi connectivity index (χ0) is 22.8. The van der Waals surface area contributed by atoms with Crippen LogP contribution in [0.5, 0.6) is 0 Å². The lowest BCUT2D eigenvalue weighted by atomic mass is 9.86. The smallest absolute Gasteiger partial charge is 0.229 e. The first-order valence-corrected chi connectivity index (χ1v) is 11.9. The molecule has 5 nitrogen and oxygen atoms in total. The summed E-state index contributed by atoms with van der Waals surface area (Å²) < 4.78 is 12.0. The minimum absolute atomic E-state index is 0.135. The van der Waals surface area contributed by atoms with Crippen molar-refractivity contribution in [1.29, 1.82) is 0 Å². The fraction of sp³-hybridized carbons (Fsp3) is 0.259. The number of hydrogen-bond acceptors (Lipinski definition) is 6. The number of nitrogens with zero attached hydrogens (tertiary/aromatic N) is 3. The summed E-state index contributed by atoms with van der Waals surface area (Å²) >= 11 is 1.73. The van der Waals surface area contributed by atoms with Gasteiger partial charge in [0.1, 0.15) is 12.6 Å². The van der Waals surface area contributed by atoms with E-state index in [4.69, 9.17) is 14.5 Å². The van der Waals surface area contributed by atoms with Crippen molar-refractivity contribution in [2.45, 2.75) is 32.7 Å². The second-order valence-corrected chi connectivity index (χ2v) is 10.3. The maximum atomic E-state index is 5.63. The molecule has 0 saturated heterocycles. The Balaban J connectivity index is 1.52. The van der Waals surface area contributed by atoms with Crippen LogP contribution in [-0.4, -0.2) is 23.3 Å². The summed E-state index contributed by atoms with van der Waals surface area (Å²) in [4.78, 5) is 12.7. The van der Waals surface area contributed by atoms with Gasteiger partial charge in [0.05, 0.1) is 16.8 Å². The molecule has 0 saturated carbocycles. The number of fused-ring (bicyclic) bond motifs is 1. The monoisotopic (exact) mass is 457 g/mol. The van der Waals surface area contributed by atoms with E-state index in [2.05, 4.69) is 85.3 Å². The lowest BCUT2D eigenvalue weighted by Crippen LogP contribution is -2.26. The van der Waals surface area contributed by atoms with Gasteiger partial charge in [-0.15, -0.1) is 11.3 Å². The van der Waals surface area contributed by atoms with Gasteiger partial charge in [-0.25, -0.2) is 9.97 Å². The highest BCUT2D eigenvalue weighted by molar-refractivity contribution is 7.22. The van der Waals surface area contributed by atoms with Crippen LogP contribution in [0.4, 0.5) is 5.82 Å². The van der Waals surface area contributed by atoms with Gasteiger partial charge in [-0.05, 0) is 28.2 Å². The largest absolute Gasteiger partial charge is 0.462 e. The molecule has 2 aromatic carbocycles. The molecule has 1 aliphatic heterocycles. The Morgan fingerprint density at radius 2 is 1.76 bits per heavy atom. The summed E-state index contributed by atoms with van der Waals surface area (Å²) in [6.07, 6.45) is 3.34. The molecule has 4 aromatic rings. The van der Waals surface area contributed by atoms with Crippen molar-refractivity contribution in [2.75, 3.05) is 18.2 Å². The lowest BCUT2D eigenvalue weighted by Gasteiger charge is -2.24. The first-order valence-electron chi connectivity index (χ1n) is 11.1. The zero-order valence-electron chi connectivity index (χ0n) is 19.1. The number of hydrogen-bond donors (Lipinski definition) is 0. The van der Waals surface area contributed by atoms with Crippen LogP contribution in [0.1, 0.15) is 31.9 Å². The first kappa shape index (κ1) is 21.5. The number of anilines is 1. The molecular weight excluding hydrogens is 430 g/mol. The van der Waals surface area contributed by atoms with Gasteiger partial charge in [0.15, 0.2) is 11.6 Å². The number of rotatable bonds is 6. The van der Waals surface area contributed by atoms with Crippen LogP contribution >= 0.6 is 11.3 Å². The molecular formula is C27H27N3O2S. The van der Waals surface area contributed by atoms with E-state index in [1.54, 1.807) is 23.9 Å². The Kier molecular flexibility index (Phi) is 5.77. The molecule has 1 aliphatic rings. The Hall–Kier alpha value is -3.38. The van der Waals surface area contributed by atoms with Gasteiger partial charge in [0, 0.05) is 11.4 Å². The molecule has 0 aliphatic carbocycles. The van der Waals surface area contributed by atoms with Crippen molar-refractivity contribution >= 4 is 27.4 Å². The van der Waals surface area contributed by atoms with Crippen LogP contribution in [0.2, 0.25) is 0 Å². The second-order valence-electron chi connectivity index (χ2n) is 9.20. The highest BCUT2D eigenvalue weighted by Gasteiger charge is 2.20. The highest BCUT2D eigenvalue weighted by atomic mass is 32.1. The van der Waals surface area contributed by atoms with Crippen LogP contribution in [0, 0.1) is 0 Å². The maximum absolute atomic E-state index is 5.63. The molecule has 0 amide bonds. The van der Waals surface area contributed by atoms with Crippen LogP contribution in [0.15, 0.2) is 79.0 Å². The van der Waals surface area contributed by atoms with E-state index < -0.39 is 0 Å². The summed E-state index contributed by atoms with van der Waals surface area (Å²) in [5.41, 5.74) is 4.82. The number of aromatic nitrogens is 2. The number of thiophene rings is 1. The predicted molar refractivity (Wildman–Crippen MR) is 134 cm³/mol. The molecule has 0 spiro atoms. The molecule has 168 valence electrons. The molecule has 33 heavy (non-hydrogen) atoms. The summed E-state index contributed by atoms with van der Waals surface area (Å²) in [6.45, 7) is 8.26. The van der Waals surface area contributed by atoms with Crippen molar-refractivity contribution < 1.29 is 9.47 Å². The third-order valence-electron chi connectivity index (χ3n) is 5.72. The van der Waals surface area contributed by atoms with Gasteiger partial charge in [0.2, 0.25) is 6.79 Å². The molecule has 0 bridgehead atoms. The summed E-state index contributed by atoms with van der Waals surface area (Å²) in [7, 11) is 0. The average Bonchev–Trinajstić information content (AvgIpc) is 3.48. The summed E-state index contributed by atoms with van der Waals surface area (Å²) in [6, 6.07) is 21.4. The minimum Gasteiger partial charge on any atom is -0.462 e. The van der Waals surface area contributed by atoms with E-state index in [0.29, 0.717) is 13.1 Å². The van der Waals surface area contributed by atoms with Crippen LogP contribution in [-0.2, 0) is 21.4 Å². The van der Waals surface area contributed by atoms with E-state index in [9.17, 15) is 0 Å². The van der Waals surface area contributed by atoms with Crippen molar-refractivity contribution in [3.05, 3.63) is 90.1 Å². The first-order chi connectivity index (χ1) is 16.0. The third kappa shape index (κ3) is 4.71. The molecule has 0 unspecified atom stereocenters. The third-order valence-corrected chi connectivity index (χ3v) is 6.89. The fourth-order valence-corrected chi connectivity index (χ4v) is 5.03. The molecule has 6 heteroatoms. The van der Waals surface area contributed by atoms with E-state index in [1.807, 2.05) is 6.07 Å². The Morgan fingerprint density at radius 3 is 2.45 bits per heavy atom. The molecule has 2 aromatic heterocycles. The summed E-state index contributed by atoms with van der Waals surface area (Å²) in [5.74, 6) is 1.70. The Bertz CT molecular complexity index is 1270. The lowest BCUT2D eigenvalue weighted by molar-refractivity contribution is 0.0797. The van der Waals surface area contributed by atoms with E-state index in [1.165, 1.54) is 21.6 Å². The van der Waals surface area contributed by atoms with E-state index in [0.717, 1.165) is 21.8 Å². The molecule has 5 rings (SSSR count). The van der Waals surface area contributed by atoms with Gasteiger partial charge in [-0.2, -0.15) is 0 Å². The Labute approximate surface area is 198 Å². The van der Waals surface area contributed by atoms with Crippen molar-refractivity contribution in [2.24, 2.45) is 0 Å². The number of ether oxygens (including phenoxy) is 2. The molecule has 0 N–H and O–H groups in total. The normalized spacial score (nSPS) is 13.5. The van der Waals surface area contributed by atoms with E-state index in [-0.39, 0.29) is 12.2 Å². The van der Waals surface area contributed by atoms with Gasteiger partial charge < -0.3 is 14.4 Å². The molecule has 0 fully saturated rings. The average molecular weight is 458 g/mol. The Morgan fingerprint density at radius 1 is 0.970 bits per heavy atom. The zero-order valence-corrected chi connectivity index (χ0v) is 19.9. The van der Waals surface area contributed by atoms with Crippen molar-refractivity contribution in [3.8, 4) is 10.4 Å². The van der Waals surface area contributed by atoms with Crippen LogP contribution < -0.4 is 4.90 Å².